The molecule has 0 atom stereocenters. The van der Waals surface area contributed by atoms with Gasteiger partial charge >= 0.3 is 0 Å². The second-order valence-electron chi connectivity index (χ2n) is 5.52. The fourth-order valence-corrected chi connectivity index (χ4v) is 3.84. The molecule has 138 valence electrons. The van der Waals surface area contributed by atoms with E-state index < -0.39 is 0 Å². The highest BCUT2D eigenvalue weighted by Crippen LogP contribution is 2.23. The molecule has 1 aromatic carbocycles. The molecule has 3 aromatic rings. The minimum Gasteiger partial charge on any atom is -0.416 e. The molecule has 0 aliphatic rings. The summed E-state index contributed by atoms with van der Waals surface area (Å²) in [6.07, 6.45) is 2.19. The number of methoxy groups -OCH3 is 1. The Morgan fingerprint density at radius 3 is 3.04 bits per heavy atom. The number of para-hydroxylation sites is 1. The largest absolute Gasteiger partial charge is 0.416 e. The van der Waals surface area contributed by atoms with Gasteiger partial charge in [-0.3, -0.25) is 4.79 Å². The van der Waals surface area contributed by atoms with Crippen LogP contribution in [0.1, 0.15) is 17.3 Å². The molecule has 2 heterocycles. The zero-order valence-corrected chi connectivity index (χ0v) is 16.1. The van der Waals surface area contributed by atoms with Crippen LogP contribution in [0, 0.1) is 0 Å². The molecule has 3 rings (SSSR count). The SMILES string of the molecule is COCCCNC(=O)CSc1nnc(CCc2nc3ccccc3s2)o1. The van der Waals surface area contributed by atoms with Crippen LogP contribution < -0.4 is 5.32 Å². The van der Waals surface area contributed by atoms with E-state index in [9.17, 15) is 4.79 Å². The average molecular weight is 393 g/mol. The van der Waals surface area contributed by atoms with E-state index in [2.05, 4.69) is 26.6 Å². The summed E-state index contributed by atoms with van der Waals surface area (Å²) in [6, 6.07) is 8.08. The lowest BCUT2D eigenvalue weighted by atomic mass is 10.3. The summed E-state index contributed by atoms with van der Waals surface area (Å²) in [4.78, 5) is 16.3. The second kappa shape index (κ2) is 9.65. The maximum Gasteiger partial charge on any atom is 0.277 e. The van der Waals surface area contributed by atoms with E-state index in [1.165, 1.54) is 16.5 Å². The van der Waals surface area contributed by atoms with E-state index in [-0.39, 0.29) is 11.7 Å². The molecular formula is C17H20N4O3S2. The monoisotopic (exact) mass is 392 g/mol. The fraction of sp³-hybridized carbons (Fsp3) is 0.412. The van der Waals surface area contributed by atoms with Gasteiger partial charge in [0.1, 0.15) is 0 Å². The standard InChI is InChI=1S/C17H20N4O3S2/c1-23-10-4-9-18-14(22)11-25-17-21-20-15(24-17)7-8-16-19-12-5-2-3-6-13(12)26-16/h2-3,5-6H,4,7-11H2,1H3,(H,18,22). The van der Waals surface area contributed by atoms with Crippen molar-refractivity contribution >= 4 is 39.2 Å². The third-order valence-electron chi connectivity index (χ3n) is 3.51. The number of rotatable bonds is 10. The third kappa shape index (κ3) is 5.52. The zero-order chi connectivity index (χ0) is 18.2. The van der Waals surface area contributed by atoms with E-state index in [0.29, 0.717) is 30.7 Å². The number of aromatic nitrogens is 3. The number of hydrogen-bond donors (Lipinski definition) is 1. The van der Waals surface area contributed by atoms with Crippen molar-refractivity contribution in [3.8, 4) is 0 Å². The van der Waals surface area contributed by atoms with Crippen molar-refractivity contribution in [2.75, 3.05) is 26.0 Å². The van der Waals surface area contributed by atoms with Crippen molar-refractivity contribution in [3.63, 3.8) is 0 Å². The predicted octanol–water partition coefficient (Wildman–Crippen LogP) is 2.71. The number of hydrogen-bond acceptors (Lipinski definition) is 8. The topological polar surface area (TPSA) is 90.1 Å². The van der Waals surface area contributed by atoms with Gasteiger partial charge in [-0.05, 0) is 18.6 Å². The molecular weight excluding hydrogens is 372 g/mol. The molecule has 0 aliphatic heterocycles. The molecule has 7 nitrogen and oxygen atoms in total. The van der Waals surface area contributed by atoms with Gasteiger partial charge in [0.05, 0.1) is 21.0 Å². The normalized spacial score (nSPS) is 11.1. The summed E-state index contributed by atoms with van der Waals surface area (Å²) in [7, 11) is 1.64. The maximum absolute atomic E-state index is 11.7. The molecule has 0 fully saturated rings. The van der Waals surface area contributed by atoms with Crippen molar-refractivity contribution < 1.29 is 13.9 Å². The van der Waals surface area contributed by atoms with Crippen molar-refractivity contribution in [2.24, 2.45) is 0 Å². The number of fused-ring (bicyclic) bond motifs is 1. The first-order chi connectivity index (χ1) is 12.7. The smallest absolute Gasteiger partial charge is 0.277 e. The number of carbonyl (C=O) groups excluding carboxylic acids is 1. The number of thioether (sulfide) groups is 1. The van der Waals surface area contributed by atoms with Gasteiger partial charge in [0, 0.05) is 33.1 Å². The summed E-state index contributed by atoms with van der Waals surface area (Å²) in [5.41, 5.74) is 1.02. The number of nitrogens with one attached hydrogen (secondary N) is 1. The van der Waals surface area contributed by atoms with E-state index in [1.807, 2.05) is 18.2 Å². The van der Waals surface area contributed by atoms with Crippen LogP contribution in [0.25, 0.3) is 10.2 Å². The predicted molar refractivity (Wildman–Crippen MR) is 102 cm³/mol. The Hall–Kier alpha value is -1.97. The lowest BCUT2D eigenvalue weighted by molar-refractivity contribution is -0.118. The van der Waals surface area contributed by atoms with Crippen molar-refractivity contribution in [1.29, 1.82) is 0 Å². The summed E-state index contributed by atoms with van der Waals surface area (Å²) in [5, 5.41) is 12.3. The molecule has 0 bridgehead atoms. The van der Waals surface area contributed by atoms with Gasteiger partial charge in [0.2, 0.25) is 11.8 Å². The van der Waals surface area contributed by atoms with E-state index in [1.54, 1.807) is 18.4 Å². The van der Waals surface area contributed by atoms with E-state index >= 15 is 0 Å². The van der Waals surface area contributed by atoms with Gasteiger partial charge in [-0.25, -0.2) is 4.98 Å². The number of ether oxygens (including phenoxy) is 1. The molecule has 0 radical (unpaired) electrons. The Labute approximate surface area is 159 Å². The minimum atomic E-state index is -0.0553. The van der Waals surface area contributed by atoms with Crippen LogP contribution >= 0.6 is 23.1 Å². The zero-order valence-electron chi connectivity index (χ0n) is 14.4. The molecule has 2 aromatic heterocycles. The summed E-state index contributed by atoms with van der Waals surface area (Å²) < 4.78 is 11.7. The Morgan fingerprint density at radius 1 is 1.31 bits per heavy atom. The quantitative estimate of drug-likeness (QED) is 0.419. The van der Waals surface area contributed by atoms with Crippen LogP contribution in [0.4, 0.5) is 0 Å². The van der Waals surface area contributed by atoms with Crippen molar-refractivity contribution in [3.05, 3.63) is 35.2 Å². The van der Waals surface area contributed by atoms with Crippen molar-refractivity contribution in [2.45, 2.75) is 24.5 Å². The van der Waals surface area contributed by atoms with E-state index in [4.69, 9.17) is 9.15 Å². The Kier molecular flexibility index (Phi) is 6.98. The third-order valence-corrected chi connectivity index (χ3v) is 5.43. The number of thiazole rings is 1. The number of benzene rings is 1. The summed E-state index contributed by atoms with van der Waals surface area (Å²) >= 11 is 2.92. The van der Waals surface area contributed by atoms with Crippen LogP contribution in [0.3, 0.4) is 0 Å². The fourth-order valence-electron chi connectivity index (χ4n) is 2.26. The number of aryl methyl sites for hydroxylation is 2. The minimum absolute atomic E-state index is 0.0553. The lowest BCUT2D eigenvalue weighted by Crippen LogP contribution is -2.26. The molecule has 1 N–H and O–H groups in total. The van der Waals surface area contributed by atoms with Gasteiger partial charge in [-0.1, -0.05) is 23.9 Å². The average Bonchev–Trinajstić information content (AvgIpc) is 3.28. The Bertz CT molecular complexity index is 816. The van der Waals surface area contributed by atoms with Crippen molar-refractivity contribution in [1.82, 2.24) is 20.5 Å². The van der Waals surface area contributed by atoms with Gasteiger partial charge in [0.25, 0.3) is 5.22 Å². The van der Waals surface area contributed by atoms with E-state index in [0.717, 1.165) is 23.4 Å². The molecule has 0 aliphatic carbocycles. The lowest BCUT2D eigenvalue weighted by Gasteiger charge is -2.02. The number of nitrogens with zero attached hydrogens (tertiary/aromatic N) is 3. The van der Waals surface area contributed by atoms with Crippen LogP contribution in [-0.4, -0.2) is 47.1 Å². The van der Waals surface area contributed by atoms with Crippen LogP contribution in [0.2, 0.25) is 0 Å². The molecule has 9 heteroatoms. The Balaban J connectivity index is 1.42. The molecule has 0 saturated heterocycles. The first kappa shape index (κ1) is 18.8. The van der Waals surface area contributed by atoms with Crippen LogP contribution in [-0.2, 0) is 22.4 Å². The molecule has 26 heavy (non-hydrogen) atoms. The molecule has 0 spiro atoms. The van der Waals surface area contributed by atoms with Gasteiger partial charge < -0.3 is 14.5 Å². The maximum atomic E-state index is 11.7. The first-order valence-electron chi connectivity index (χ1n) is 8.30. The number of carbonyl (C=O) groups is 1. The van der Waals surface area contributed by atoms with Gasteiger partial charge in [0.15, 0.2) is 0 Å². The van der Waals surface area contributed by atoms with Gasteiger partial charge in [-0.2, -0.15) is 0 Å². The van der Waals surface area contributed by atoms with Crippen LogP contribution in [0.5, 0.6) is 0 Å². The number of amides is 1. The molecule has 1 amide bonds. The Morgan fingerprint density at radius 2 is 2.19 bits per heavy atom. The molecule has 0 saturated carbocycles. The molecule has 0 unspecified atom stereocenters. The highest BCUT2D eigenvalue weighted by Gasteiger charge is 2.11. The first-order valence-corrected chi connectivity index (χ1v) is 10.1. The second-order valence-corrected chi connectivity index (χ2v) is 7.56. The summed E-state index contributed by atoms with van der Waals surface area (Å²) in [6.45, 7) is 1.24. The highest BCUT2D eigenvalue weighted by atomic mass is 32.2. The van der Waals surface area contributed by atoms with Gasteiger partial charge in [-0.15, -0.1) is 21.5 Å². The van der Waals surface area contributed by atoms with Crippen LogP contribution in [0.15, 0.2) is 33.9 Å². The highest BCUT2D eigenvalue weighted by molar-refractivity contribution is 7.99. The summed E-state index contributed by atoms with van der Waals surface area (Å²) in [5.74, 6) is 0.763.